The van der Waals surface area contributed by atoms with Crippen molar-refractivity contribution in [2.75, 3.05) is 0 Å². The van der Waals surface area contributed by atoms with Crippen LogP contribution in [0.15, 0.2) is 109 Å². The molecule has 8 heteroatoms. The molecule has 1 unspecified atom stereocenters. The number of hydrogen-bond acceptors (Lipinski definition) is 5. The molecular formula is C32H29N3O5. The summed E-state index contributed by atoms with van der Waals surface area (Å²) >= 11 is 0. The number of amides is 1. The van der Waals surface area contributed by atoms with Gasteiger partial charge < -0.3 is 19.9 Å². The maximum absolute atomic E-state index is 13.5. The number of rotatable bonds is 11. The summed E-state index contributed by atoms with van der Waals surface area (Å²) in [7, 11) is 0. The predicted molar refractivity (Wildman–Crippen MR) is 151 cm³/mol. The Morgan fingerprint density at radius 3 is 2.33 bits per heavy atom. The molecule has 0 saturated carbocycles. The van der Waals surface area contributed by atoms with Crippen LogP contribution in [0.1, 0.15) is 28.4 Å². The Kier molecular flexibility index (Phi) is 8.18. The Hall–Kier alpha value is -4.95. The van der Waals surface area contributed by atoms with Gasteiger partial charge in [-0.05, 0) is 36.1 Å². The normalized spacial score (nSPS) is 12.5. The van der Waals surface area contributed by atoms with Crippen molar-refractivity contribution < 1.29 is 24.2 Å². The Balaban J connectivity index is 1.35. The van der Waals surface area contributed by atoms with Gasteiger partial charge in [0.15, 0.2) is 6.04 Å². The number of hydrogen-bond donors (Lipinski definition) is 2. The van der Waals surface area contributed by atoms with E-state index in [2.05, 4.69) is 10.4 Å². The zero-order valence-electron chi connectivity index (χ0n) is 21.9. The van der Waals surface area contributed by atoms with Crippen LogP contribution in [0, 0.1) is 0 Å². The molecule has 1 heterocycles. The maximum Gasteiger partial charge on any atom is 0.328 e. The molecule has 0 aliphatic heterocycles. The fourth-order valence-corrected chi connectivity index (χ4v) is 4.39. The lowest BCUT2D eigenvalue weighted by Crippen LogP contribution is -2.48. The second kappa shape index (κ2) is 12.3. The van der Waals surface area contributed by atoms with E-state index in [1.165, 1.54) is 0 Å². The van der Waals surface area contributed by atoms with Crippen LogP contribution >= 0.6 is 0 Å². The Bertz CT molecular complexity index is 1600. The number of carboxylic acid groups (broad SMARTS) is 1. The van der Waals surface area contributed by atoms with Crippen LogP contribution in [-0.4, -0.2) is 38.9 Å². The largest absolute Gasteiger partial charge is 0.487 e. The van der Waals surface area contributed by atoms with Crippen LogP contribution in [0.4, 0.5) is 0 Å². The molecular weight excluding hydrogens is 506 g/mol. The number of nitrogens with zero attached hydrogens (tertiary/aromatic N) is 2. The van der Waals surface area contributed by atoms with E-state index in [9.17, 15) is 14.7 Å². The predicted octanol–water partition coefficient (Wildman–Crippen LogP) is 5.39. The van der Waals surface area contributed by atoms with E-state index < -0.39 is 24.0 Å². The van der Waals surface area contributed by atoms with E-state index in [0.29, 0.717) is 5.75 Å². The van der Waals surface area contributed by atoms with Crippen molar-refractivity contribution >= 4 is 22.6 Å². The molecule has 0 bridgehead atoms. The average molecular weight is 536 g/mol. The summed E-state index contributed by atoms with van der Waals surface area (Å²) in [5, 5.41) is 18.6. The van der Waals surface area contributed by atoms with Crippen molar-refractivity contribution in [3.63, 3.8) is 0 Å². The summed E-state index contributed by atoms with van der Waals surface area (Å²) in [4.78, 5) is 25.6. The Morgan fingerprint density at radius 2 is 1.57 bits per heavy atom. The van der Waals surface area contributed by atoms with E-state index in [1.54, 1.807) is 23.9 Å². The number of carboxylic acids is 1. The second-order valence-electron chi connectivity index (χ2n) is 9.37. The zero-order chi connectivity index (χ0) is 27.9. The number of ether oxygens (including phenoxy) is 2. The number of nitrogens with one attached hydrogen (secondary N) is 1. The van der Waals surface area contributed by atoms with Gasteiger partial charge >= 0.3 is 5.97 Å². The third-order valence-electron chi connectivity index (χ3n) is 6.54. The quantitative estimate of drug-likeness (QED) is 0.235. The standard InChI is InChI=1S/C32H29N3O5/c1-22(39-20-23-10-4-2-5-11-23)29(32(37)38)34-31(36)28-17-16-25-12-8-9-15-27(25)30(28)40-21-24-18-33-35(19-24)26-13-6-3-7-14-26/h2-19,22,29H,20-21H2,1H3,(H,34,36)(H,37,38)/t22-,29?/m1/s1. The maximum atomic E-state index is 13.5. The third kappa shape index (κ3) is 6.19. The number of benzene rings is 4. The van der Waals surface area contributed by atoms with Crippen LogP contribution in [0.5, 0.6) is 5.75 Å². The molecule has 0 saturated heterocycles. The minimum atomic E-state index is -1.26. The fourth-order valence-electron chi connectivity index (χ4n) is 4.39. The molecule has 4 aromatic carbocycles. The van der Waals surface area contributed by atoms with Crippen molar-refractivity contribution in [1.29, 1.82) is 0 Å². The minimum Gasteiger partial charge on any atom is -0.487 e. The zero-order valence-corrected chi connectivity index (χ0v) is 21.9. The van der Waals surface area contributed by atoms with Crippen molar-refractivity contribution in [3.05, 3.63) is 126 Å². The van der Waals surface area contributed by atoms with Crippen molar-refractivity contribution in [1.82, 2.24) is 15.1 Å². The second-order valence-corrected chi connectivity index (χ2v) is 9.37. The van der Waals surface area contributed by atoms with Crippen LogP contribution < -0.4 is 10.1 Å². The highest BCUT2D eigenvalue weighted by Gasteiger charge is 2.29. The SMILES string of the molecule is C[C@@H](OCc1ccccc1)C(NC(=O)c1ccc2ccccc2c1OCc1cnn(-c2ccccc2)c1)C(=O)O. The van der Waals surface area contributed by atoms with Gasteiger partial charge in [0.05, 0.1) is 30.2 Å². The first-order chi connectivity index (χ1) is 19.5. The lowest BCUT2D eigenvalue weighted by atomic mass is 10.0. The topological polar surface area (TPSA) is 103 Å². The molecule has 0 radical (unpaired) electrons. The van der Waals surface area contributed by atoms with E-state index in [1.807, 2.05) is 97.2 Å². The molecule has 2 atom stereocenters. The van der Waals surface area contributed by atoms with E-state index >= 15 is 0 Å². The van der Waals surface area contributed by atoms with Crippen molar-refractivity contribution in [2.24, 2.45) is 0 Å². The first-order valence-corrected chi connectivity index (χ1v) is 12.9. The summed E-state index contributed by atoms with van der Waals surface area (Å²) in [5.41, 5.74) is 2.87. The van der Waals surface area contributed by atoms with E-state index in [-0.39, 0.29) is 18.8 Å². The Morgan fingerprint density at radius 1 is 0.875 bits per heavy atom. The Labute approximate surface area is 231 Å². The average Bonchev–Trinajstić information content (AvgIpc) is 3.47. The summed E-state index contributed by atoms with van der Waals surface area (Å²) in [6, 6.07) is 28.9. The highest BCUT2D eigenvalue weighted by atomic mass is 16.5. The minimum absolute atomic E-state index is 0.167. The molecule has 2 N–H and O–H groups in total. The van der Waals surface area contributed by atoms with Gasteiger partial charge in [0.25, 0.3) is 5.91 Å². The number of fused-ring (bicyclic) bond motifs is 1. The number of carbonyl (C=O) groups is 2. The van der Waals surface area contributed by atoms with Gasteiger partial charge in [-0.3, -0.25) is 4.79 Å². The fraction of sp³-hybridized carbons (Fsp3) is 0.156. The molecule has 40 heavy (non-hydrogen) atoms. The molecule has 8 nitrogen and oxygen atoms in total. The first kappa shape index (κ1) is 26.6. The van der Waals surface area contributed by atoms with Gasteiger partial charge in [-0.15, -0.1) is 0 Å². The monoisotopic (exact) mass is 535 g/mol. The molecule has 5 aromatic rings. The summed E-state index contributed by atoms with van der Waals surface area (Å²) in [6.07, 6.45) is 2.80. The van der Waals surface area contributed by atoms with Crippen molar-refractivity contribution in [3.8, 4) is 11.4 Å². The molecule has 1 aromatic heterocycles. The molecule has 0 spiro atoms. The van der Waals surface area contributed by atoms with Crippen LogP contribution in [-0.2, 0) is 22.7 Å². The third-order valence-corrected chi connectivity index (χ3v) is 6.54. The molecule has 0 aliphatic carbocycles. The van der Waals surface area contributed by atoms with E-state index in [0.717, 1.165) is 27.6 Å². The summed E-state index contributed by atoms with van der Waals surface area (Å²) < 4.78 is 13.8. The lowest BCUT2D eigenvalue weighted by Gasteiger charge is -2.23. The van der Waals surface area contributed by atoms with Gasteiger partial charge in [0, 0.05) is 17.1 Å². The van der Waals surface area contributed by atoms with Gasteiger partial charge in [0.2, 0.25) is 0 Å². The highest BCUT2D eigenvalue weighted by Crippen LogP contribution is 2.31. The van der Waals surface area contributed by atoms with Crippen LogP contribution in [0.3, 0.4) is 0 Å². The molecule has 0 aliphatic rings. The van der Waals surface area contributed by atoms with Gasteiger partial charge in [-0.1, -0.05) is 78.9 Å². The molecule has 202 valence electrons. The smallest absolute Gasteiger partial charge is 0.328 e. The number of aliphatic carboxylic acids is 1. The van der Waals surface area contributed by atoms with Gasteiger partial charge in [0.1, 0.15) is 12.4 Å². The molecule has 1 amide bonds. The molecule has 5 rings (SSSR count). The molecule has 0 fully saturated rings. The number of para-hydroxylation sites is 1. The van der Waals surface area contributed by atoms with Gasteiger partial charge in [-0.25, -0.2) is 9.48 Å². The van der Waals surface area contributed by atoms with Crippen LogP contribution in [0.2, 0.25) is 0 Å². The van der Waals surface area contributed by atoms with Crippen LogP contribution in [0.25, 0.3) is 16.5 Å². The lowest BCUT2D eigenvalue weighted by molar-refractivity contribution is -0.143. The van der Waals surface area contributed by atoms with Gasteiger partial charge in [-0.2, -0.15) is 5.10 Å². The highest BCUT2D eigenvalue weighted by molar-refractivity contribution is 6.05. The van der Waals surface area contributed by atoms with Crippen molar-refractivity contribution in [2.45, 2.75) is 32.3 Å². The summed E-state index contributed by atoms with van der Waals surface area (Å²) in [5.74, 6) is -1.39. The number of carbonyl (C=O) groups excluding carboxylic acids is 1. The summed E-state index contributed by atoms with van der Waals surface area (Å²) in [6.45, 7) is 2.02. The first-order valence-electron chi connectivity index (χ1n) is 12.9. The van der Waals surface area contributed by atoms with E-state index in [4.69, 9.17) is 9.47 Å². The number of aromatic nitrogens is 2.